The summed E-state index contributed by atoms with van der Waals surface area (Å²) in [7, 11) is -4.00. The predicted octanol–water partition coefficient (Wildman–Crippen LogP) is 7.39. The van der Waals surface area contributed by atoms with Crippen LogP contribution in [0.25, 0.3) is 33.9 Å². The predicted molar refractivity (Wildman–Crippen MR) is 133 cm³/mol. The molecule has 0 unspecified atom stereocenters. The molecule has 14 heteroatoms. The molecule has 0 amide bonds. The smallest absolute Gasteiger partial charge is 0.340 e. The van der Waals surface area contributed by atoms with E-state index >= 15 is 0 Å². The third-order valence-corrected chi connectivity index (χ3v) is 8.95. The Kier molecular flexibility index (Phi) is 6.91. The first kappa shape index (κ1) is 29.0. The SMILES string of the molecule is CCS(=O)(=O)c1cc(-c2ccc(C3(C(F)(F)F)CC3)cc2)cnc1-c1cc2n(CC(F)F)cc(C(F)(F)F)cc-2n1. The molecule has 0 N–H and O–H groups in total. The van der Waals surface area contributed by atoms with Gasteiger partial charge in [-0.05, 0) is 42.2 Å². The lowest BCUT2D eigenvalue weighted by Crippen LogP contribution is -2.28. The fourth-order valence-corrected chi connectivity index (χ4v) is 5.86. The summed E-state index contributed by atoms with van der Waals surface area (Å²) in [6.45, 7) is 0.317. The minimum Gasteiger partial charge on any atom is -0.340 e. The molecule has 0 atom stereocenters. The van der Waals surface area contributed by atoms with E-state index in [9.17, 15) is 43.5 Å². The van der Waals surface area contributed by atoms with Gasteiger partial charge in [0.15, 0.2) is 9.84 Å². The van der Waals surface area contributed by atoms with E-state index in [1.54, 1.807) is 0 Å². The minimum absolute atomic E-state index is 0.0201. The van der Waals surface area contributed by atoms with E-state index in [-0.39, 0.29) is 57.4 Å². The third kappa shape index (κ3) is 5.29. The molecule has 1 aromatic heterocycles. The van der Waals surface area contributed by atoms with Crippen molar-refractivity contribution in [2.75, 3.05) is 5.75 Å². The van der Waals surface area contributed by atoms with Crippen LogP contribution in [0.4, 0.5) is 35.1 Å². The topological polar surface area (TPSA) is 64.8 Å². The molecule has 3 aliphatic rings. The average molecular weight is 604 g/mol. The molecule has 41 heavy (non-hydrogen) atoms. The first-order valence-electron chi connectivity index (χ1n) is 12.3. The van der Waals surface area contributed by atoms with Crippen molar-refractivity contribution >= 4 is 9.84 Å². The largest absolute Gasteiger partial charge is 0.417 e. The second kappa shape index (κ2) is 9.78. The normalized spacial score (nSPS) is 15.6. The highest BCUT2D eigenvalue weighted by atomic mass is 32.2. The Labute approximate surface area is 229 Å². The van der Waals surface area contributed by atoms with Gasteiger partial charge in [0.1, 0.15) is 5.69 Å². The number of sulfone groups is 1. The lowest BCUT2D eigenvalue weighted by molar-refractivity contribution is -0.160. The second-order valence-corrected chi connectivity index (χ2v) is 12.1. The quantitative estimate of drug-likeness (QED) is 0.207. The Morgan fingerprint density at radius 1 is 0.951 bits per heavy atom. The van der Waals surface area contributed by atoms with Gasteiger partial charge in [-0.3, -0.25) is 4.98 Å². The molecule has 1 fully saturated rings. The average Bonchev–Trinajstić information content (AvgIpc) is 3.61. The van der Waals surface area contributed by atoms with Crippen LogP contribution < -0.4 is 0 Å². The summed E-state index contributed by atoms with van der Waals surface area (Å²) in [5.74, 6) is -0.373. The van der Waals surface area contributed by atoms with Gasteiger partial charge < -0.3 is 4.57 Å². The molecule has 1 saturated carbocycles. The molecule has 1 aromatic carbocycles. The van der Waals surface area contributed by atoms with Gasteiger partial charge in [-0.25, -0.2) is 22.2 Å². The van der Waals surface area contributed by atoms with Gasteiger partial charge in [0, 0.05) is 18.0 Å². The van der Waals surface area contributed by atoms with E-state index < -0.39 is 46.1 Å². The highest BCUT2D eigenvalue weighted by molar-refractivity contribution is 7.91. The van der Waals surface area contributed by atoms with E-state index in [4.69, 9.17) is 0 Å². The summed E-state index contributed by atoms with van der Waals surface area (Å²) < 4.78 is 134. The Hall–Kier alpha value is -3.55. The maximum Gasteiger partial charge on any atom is 0.417 e. The van der Waals surface area contributed by atoms with E-state index in [0.717, 1.165) is 0 Å². The van der Waals surface area contributed by atoms with Gasteiger partial charge in [0.05, 0.1) is 45.3 Å². The number of aromatic nitrogens is 3. The van der Waals surface area contributed by atoms with Crippen molar-refractivity contribution < 1.29 is 43.5 Å². The Bertz CT molecular complexity index is 1670. The highest BCUT2D eigenvalue weighted by Gasteiger charge is 2.64. The monoisotopic (exact) mass is 603 g/mol. The number of fused-ring (bicyclic) bond motifs is 1. The van der Waals surface area contributed by atoms with Crippen molar-refractivity contribution in [3.63, 3.8) is 0 Å². The zero-order chi connectivity index (χ0) is 30.0. The Balaban J connectivity index is 1.61. The number of benzene rings is 1. The molecule has 0 spiro atoms. The van der Waals surface area contributed by atoms with Crippen molar-refractivity contribution in [1.82, 2.24) is 14.5 Å². The summed E-state index contributed by atoms with van der Waals surface area (Å²) in [4.78, 5) is 8.01. The summed E-state index contributed by atoms with van der Waals surface area (Å²) in [6.07, 6.45) is -10.5. The number of hydrogen-bond donors (Lipinski definition) is 0. The van der Waals surface area contributed by atoms with Gasteiger partial charge in [0.25, 0.3) is 6.43 Å². The van der Waals surface area contributed by atoms with Crippen LogP contribution in [0.15, 0.2) is 59.8 Å². The van der Waals surface area contributed by atoms with Crippen LogP contribution in [-0.2, 0) is 28.0 Å². The van der Waals surface area contributed by atoms with Crippen molar-refractivity contribution in [3.8, 4) is 33.9 Å². The minimum atomic E-state index is -4.84. The Morgan fingerprint density at radius 2 is 1.61 bits per heavy atom. The highest BCUT2D eigenvalue weighted by Crippen LogP contribution is 2.59. The molecule has 2 aliphatic heterocycles. The van der Waals surface area contributed by atoms with Crippen LogP contribution in [0.1, 0.15) is 30.9 Å². The van der Waals surface area contributed by atoms with Crippen LogP contribution in [0.2, 0.25) is 0 Å². The first-order valence-corrected chi connectivity index (χ1v) is 14.0. The van der Waals surface area contributed by atoms with Crippen LogP contribution in [0.5, 0.6) is 0 Å². The standard InChI is InChI=1S/C27H21F8N3O2S/c1-2-41(39,40)22-9-16(15-3-5-17(6-4-15)25(7-8-25)27(33,34)35)12-36-24(22)20-11-21-19(37-20)10-18(26(30,31)32)13-38(21)14-23(28)29/h3-6,9-13,23H,2,7-8,14H2,1H3. The van der Waals surface area contributed by atoms with Gasteiger partial charge in [-0.1, -0.05) is 31.2 Å². The number of nitrogens with zero attached hydrogens (tertiary/aromatic N) is 3. The summed E-state index contributed by atoms with van der Waals surface area (Å²) in [5, 5.41) is 0. The fraction of sp³-hybridized carbons (Fsp3) is 0.333. The number of halogens is 8. The molecular weight excluding hydrogens is 582 g/mol. The second-order valence-electron chi connectivity index (χ2n) is 9.81. The van der Waals surface area contributed by atoms with Crippen molar-refractivity contribution in [2.24, 2.45) is 0 Å². The molecule has 2 aromatic rings. The molecule has 218 valence electrons. The molecule has 3 heterocycles. The van der Waals surface area contributed by atoms with Crippen molar-refractivity contribution in [3.05, 3.63) is 66.0 Å². The molecule has 5 rings (SSSR count). The van der Waals surface area contributed by atoms with E-state index in [0.29, 0.717) is 22.4 Å². The number of alkyl halides is 8. The summed E-state index contributed by atoms with van der Waals surface area (Å²) in [6, 6.07) is 8.67. The van der Waals surface area contributed by atoms with E-state index in [2.05, 4.69) is 9.97 Å². The molecule has 5 nitrogen and oxygen atoms in total. The molecule has 1 aliphatic carbocycles. The zero-order valence-electron chi connectivity index (χ0n) is 21.2. The van der Waals surface area contributed by atoms with Crippen LogP contribution in [0.3, 0.4) is 0 Å². The van der Waals surface area contributed by atoms with Gasteiger partial charge in [-0.2, -0.15) is 26.3 Å². The first-order chi connectivity index (χ1) is 19.1. The maximum atomic E-state index is 13.5. The van der Waals surface area contributed by atoms with E-state index in [1.165, 1.54) is 49.5 Å². The number of hydrogen-bond acceptors (Lipinski definition) is 4. The van der Waals surface area contributed by atoms with Crippen molar-refractivity contribution in [2.45, 2.75) is 55.4 Å². The van der Waals surface area contributed by atoms with Gasteiger partial charge in [-0.15, -0.1) is 0 Å². The molecular formula is C27H21F8N3O2S. The lowest BCUT2D eigenvalue weighted by Gasteiger charge is -2.20. The summed E-state index contributed by atoms with van der Waals surface area (Å²) in [5.41, 5.74) is -3.03. The third-order valence-electron chi connectivity index (χ3n) is 7.21. The van der Waals surface area contributed by atoms with Crippen LogP contribution in [-0.4, -0.2) is 41.3 Å². The fourth-order valence-electron chi connectivity index (χ4n) is 4.79. The molecule has 0 saturated heterocycles. The number of pyridine rings is 2. The number of rotatable bonds is 7. The Morgan fingerprint density at radius 3 is 2.15 bits per heavy atom. The van der Waals surface area contributed by atoms with E-state index in [1.807, 2.05) is 0 Å². The lowest BCUT2D eigenvalue weighted by atomic mass is 9.93. The summed E-state index contributed by atoms with van der Waals surface area (Å²) >= 11 is 0. The zero-order valence-corrected chi connectivity index (χ0v) is 22.0. The molecule has 0 bridgehead atoms. The molecule has 0 radical (unpaired) electrons. The van der Waals surface area contributed by atoms with Crippen LogP contribution >= 0.6 is 0 Å². The van der Waals surface area contributed by atoms with Gasteiger partial charge >= 0.3 is 12.4 Å². The van der Waals surface area contributed by atoms with Gasteiger partial charge in [0.2, 0.25) is 0 Å². The van der Waals surface area contributed by atoms with Crippen LogP contribution in [0, 0.1) is 0 Å². The maximum absolute atomic E-state index is 13.5. The van der Waals surface area contributed by atoms with Crippen molar-refractivity contribution in [1.29, 1.82) is 0 Å².